The summed E-state index contributed by atoms with van der Waals surface area (Å²) >= 11 is 6.08. The number of carbonyl (C=O) groups excluding carboxylic acids is 3. The summed E-state index contributed by atoms with van der Waals surface area (Å²) < 4.78 is 18.7. The zero-order chi connectivity index (χ0) is 29.0. The summed E-state index contributed by atoms with van der Waals surface area (Å²) in [6, 6.07) is 17.6. The van der Waals surface area contributed by atoms with Crippen LogP contribution in [-0.2, 0) is 15.3 Å². The van der Waals surface area contributed by atoms with Crippen molar-refractivity contribution in [2.75, 3.05) is 11.1 Å². The van der Waals surface area contributed by atoms with Crippen molar-refractivity contribution in [1.82, 2.24) is 10.6 Å². The fourth-order valence-electron chi connectivity index (χ4n) is 4.31. The van der Waals surface area contributed by atoms with Gasteiger partial charge in [-0.25, -0.2) is 20.1 Å². The van der Waals surface area contributed by atoms with Gasteiger partial charge in [-0.3, -0.25) is 9.59 Å². The lowest BCUT2D eigenvalue weighted by atomic mass is 10.1. The number of fused-ring (bicyclic) bond motifs is 1. The van der Waals surface area contributed by atoms with Crippen molar-refractivity contribution in [1.29, 1.82) is 0 Å². The van der Waals surface area contributed by atoms with E-state index in [1.54, 1.807) is 45.0 Å². The smallest absolute Gasteiger partial charge is 0.408 e. The van der Waals surface area contributed by atoms with E-state index in [2.05, 4.69) is 16.0 Å². The maximum atomic E-state index is 13.3. The van der Waals surface area contributed by atoms with Gasteiger partial charge in [0.05, 0.1) is 11.7 Å². The van der Waals surface area contributed by atoms with Crippen molar-refractivity contribution in [3.63, 3.8) is 0 Å². The molecule has 0 saturated carbocycles. The van der Waals surface area contributed by atoms with Gasteiger partial charge in [-0.05, 0) is 81.3 Å². The Labute approximate surface area is 241 Å². The Morgan fingerprint density at radius 1 is 1.10 bits per heavy atom. The molecule has 0 radical (unpaired) electrons. The van der Waals surface area contributed by atoms with Crippen LogP contribution in [0.1, 0.15) is 55.2 Å². The summed E-state index contributed by atoms with van der Waals surface area (Å²) in [5.74, 6) is -0.0237. The Kier molecular flexibility index (Phi) is 9.05. The molecule has 3 aromatic carbocycles. The van der Waals surface area contributed by atoms with Crippen LogP contribution in [0.15, 0.2) is 71.6 Å². The Morgan fingerprint density at radius 3 is 2.42 bits per heavy atom. The highest BCUT2D eigenvalue weighted by molar-refractivity contribution is 8.16. The molecule has 3 amide bonds. The fraction of sp³-hybridized carbons (Fsp3) is 0.300. The summed E-state index contributed by atoms with van der Waals surface area (Å²) in [5.41, 5.74) is 1.99. The molecule has 0 fully saturated rings. The van der Waals surface area contributed by atoms with Crippen LogP contribution in [0.5, 0.6) is 0 Å². The van der Waals surface area contributed by atoms with E-state index in [0.717, 1.165) is 16.0 Å². The highest BCUT2D eigenvalue weighted by Crippen LogP contribution is 2.46. The second-order valence-corrected chi connectivity index (χ2v) is 13.4. The van der Waals surface area contributed by atoms with Crippen molar-refractivity contribution >= 4 is 46.1 Å². The minimum Gasteiger partial charge on any atom is -0.444 e. The van der Waals surface area contributed by atoms with Crippen molar-refractivity contribution < 1.29 is 23.5 Å². The van der Waals surface area contributed by atoms with E-state index in [1.165, 1.54) is 12.1 Å². The molecule has 212 valence electrons. The molecule has 1 heterocycles. The molecule has 1 aliphatic rings. The number of hydrogen-bond donors (Lipinski definition) is 4. The molecule has 0 aliphatic carbocycles. The third-order valence-electron chi connectivity index (χ3n) is 6.27. The lowest BCUT2D eigenvalue weighted by molar-refractivity contribution is -0.117. The molecular formula is C30H33ClFN3O4S. The van der Waals surface area contributed by atoms with Gasteiger partial charge in [0.15, 0.2) is 0 Å². The number of rotatable bonds is 6. The maximum Gasteiger partial charge on any atom is 0.408 e. The first-order valence-electron chi connectivity index (χ1n) is 12.9. The van der Waals surface area contributed by atoms with Crippen LogP contribution in [0, 0.1) is 5.82 Å². The molecule has 0 bridgehead atoms. The van der Waals surface area contributed by atoms with Crippen LogP contribution in [-0.4, -0.2) is 35.3 Å². The minimum atomic E-state index is -0.981. The molecule has 3 aromatic rings. The number of carbonyl (C=O) groups is 3. The predicted molar refractivity (Wildman–Crippen MR) is 158 cm³/mol. The number of amides is 3. The van der Waals surface area contributed by atoms with Gasteiger partial charge in [0.25, 0.3) is 5.91 Å². The van der Waals surface area contributed by atoms with Gasteiger partial charge < -0.3 is 20.7 Å². The number of anilines is 1. The Hall–Kier alpha value is -3.56. The number of nitrogens with one attached hydrogen (secondary N) is 3. The van der Waals surface area contributed by atoms with Crippen LogP contribution in [0.4, 0.5) is 14.9 Å². The molecule has 1 aliphatic heterocycles. The normalized spacial score (nSPS) is 18.5. The third-order valence-corrected chi connectivity index (χ3v) is 9.15. The Balaban J connectivity index is 1.60. The van der Waals surface area contributed by atoms with Gasteiger partial charge in [-0.1, -0.05) is 35.9 Å². The van der Waals surface area contributed by atoms with E-state index in [-0.39, 0.29) is 23.7 Å². The van der Waals surface area contributed by atoms with E-state index in [1.807, 2.05) is 37.3 Å². The minimum absolute atomic E-state index is 0.330. The lowest BCUT2D eigenvalue weighted by Crippen LogP contribution is -2.47. The van der Waals surface area contributed by atoms with E-state index in [0.29, 0.717) is 27.8 Å². The Morgan fingerprint density at radius 2 is 1.77 bits per heavy atom. The third kappa shape index (κ3) is 7.76. The molecule has 3 N–H and O–H groups in total. The fourth-order valence-corrected chi connectivity index (χ4v) is 7.03. The summed E-state index contributed by atoms with van der Waals surface area (Å²) in [5, 5.41) is 9.20. The van der Waals surface area contributed by atoms with Crippen molar-refractivity contribution in [2.45, 2.75) is 56.0 Å². The van der Waals surface area contributed by atoms with Crippen LogP contribution in [0.25, 0.3) is 0 Å². The average Bonchev–Trinajstić information content (AvgIpc) is 3.00. The summed E-state index contributed by atoms with van der Waals surface area (Å²) in [7, 11) is -0.981. The van der Waals surface area contributed by atoms with E-state index in [4.69, 9.17) is 16.3 Å². The van der Waals surface area contributed by atoms with Crippen LogP contribution >= 0.6 is 22.5 Å². The zero-order valence-corrected chi connectivity index (χ0v) is 24.4. The highest BCUT2D eigenvalue weighted by Gasteiger charge is 2.31. The summed E-state index contributed by atoms with van der Waals surface area (Å²) in [6.07, 6.45) is -0.671. The molecule has 4 rings (SSSR count). The lowest BCUT2D eigenvalue weighted by Gasteiger charge is -2.26. The van der Waals surface area contributed by atoms with E-state index in [9.17, 15) is 18.8 Å². The second-order valence-electron chi connectivity index (χ2n) is 10.7. The number of alkyl carbamates (subject to hydrolysis) is 1. The zero-order valence-electron chi connectivity index (χ0n) is 22.8. The van der Waals surface area contributed by atoms with Gasteiger partial charge in [0, 0.05) is 27.0 Å². The molecule has 2 unspecified atom stereocenters. The van der Waals surface area contributed by atoms with E-state index < -0.39 is 28.6 Å². The molecule has 0 spiro atoms. The van der Waals surface area contributed by atoms with Gasteiger partial charge in [0.2, 0.25) is 5.91 Å². The number of benzene rings is 3. The molecule has 0 saturated heterocycles. The molecular weight excluding hydrogens is 553 g/mol. The van der Waals surface area contributed by atoms with Crippen LogP contribution in [0.2, 0.25) is 5.02 Å². The number of ether oxygens (including phenoxy) is 1. The standard InChI is InChI=1S/C30H33ClFN3O4S/c1-18(20-7-12-23(32)13-8-20)33-27(36)21-9-14-26-24(15-21)34-28(37)25(35-29(38)39-30(2,3)4)17-40(26)16-19-5-10-22(31)11-6-19/h5-15,18,25,40H,16-17H2,1-4H3,(H,33,36)(H,34,37)(H,35,38)/t18?,25-/m0/s1. The number of halogens is 2. The van der Waals surface area contributed by atoms with Gasteiger partial charge >= 0.3 is 6.09 Å². The highest BCUT2D eigenvalue weighted by atomic mass is 35.5. The molecule has 10 heteroatoms. The monoisotopic (exact) mass is 585 g/mol. The van der Waals surface area contributed by atoms with Crippen molar-refractivity contribution in [2.24, 2.45) is 0 Å². The second kappa shape index (κ2) is 12.3. The number of thiol groups is 1. The van der Waals surface area contributed by atoms with Gasteiger partial charge in [-0.15, -0.1) is 0 Å². The summed E-state index contributed by atoms with van der Waals surface area (Å²) in [6.45, 7) is 7.08. The first-order chi connectivity index (χ1) is 18.9. The van der Waals surface area contributed by atoms with Crippen LogP contribution < -0.4 is 16.0 Å². The molecule has 3 atom stereocenters. The average molecular weight is 586 g/mol. The molecule has 7 nitrogen and oxygen atoms in total. The first-order valence-corrected chi connectivity index (χ1v) is 15.0. The Bertz CT molecular complexity index is 1390. The quantitative estimate of drug-likeness (QED) is 0.253. The maximum absolute atomic E-state index is 13.3. The molecule has 40 heavy (non-hydrogen) atoms. The van der Waals surface area contributed by atoms with Crippen molar-refractivity contribution in [3.8, 4) is 0 Å². The SMILES string of the molecule is CC(NC(=O)c1ccc2c(c1)NC(=O)[C@@H](NC(=O)OC(C)(C)C)C[SH]2Cc1ccc(Cl)cc1)c1ccc(F)cc1. The van der Waals surface area contributed by atoms with E-state index >= 15 is 0 Å². The van der Waals surface area contributed by atoms with Gasteiger partial charge in [0.1, 0.15) is 17.5 Å². The van der Waals surface area contributed by atoms with Crippen molar-refractivity contribution in [3.05, 3.63) is 94.3 Å². The molecule has 0 aromatic heterocycles. The predicted octanol–water partition coefficient (Wildman–Crippen LogP) is 6.38. The largest absolute Gasteiger partial charge is 0.444 e. The summed E-state index contributed by atoms with van der Waals surface area (Å²) in [4.78, 5) is 39.8. The van der Waals surface area contributed by atoms with Gasteiger partial charge in [-0.2, -0.15) is 0 Å². The first kappa shape index (κ1) is 29.4. The van der Waals surface area contributed by atoms with Crippen LogP contribution in [0.3, 0.4) is 0 Å². The number of hydrogen-bond acceptors (Lipinski definition) is 4. The topological polar surface area (TPSA) is 96.5 Å².